The molecule has 0 bridgehead atoms. The molecule has 1 fully saturated rings. The number of rotatable bonds is 5. The fraction of sp³-hybridized carbons (Fsp3) is 0.222. The number of anilines is 1. The van der Waals surface area contributed by atoms with Crippen molar-refractivity contribution in [2.45, 2.75) is 6.54 Å². The van der Waals surface area contributed by atoms with Crippen LogP contribution in [0.2, 0.25) is 5.02 Å². The largest absolute Gasteiger partial charge is 0.507 e. The molecular formula is C27H25ClN2O4. The third kappa shape index (κ3) is 4.22. The van der Waals surface area contributed by atoms with Gasteiger partial charge in [0.15, 0.2) is 0 Å². The highest BCUT2D eigenvalue weighted by Crippen LogP contribution is 2.32. The van der Waals surface area contributed by atoms with E-state index in [4.69, 9.17) is 20.8 Å². The van der Waals surface area contributed by atoms with Crippen LogP contribution in [-0.2, 0) is 6.54 Å². The number of para-hydroxylation sites is 1. The molecule has 5 rings (SSSR count). The molecule has 1 aliphatic heterocycles. The molecule has 4 aromatic rings. The number of fused-ring (bicyclic) bond motifs is 1. The van der Waals surface area contributed by atoms with Crippen LogP contribution in [0.5, 0.6) is 11.5 Å². The number of nitrogens with zero attached hydrogens (tertiary/aromatic N) is 2. The number of hydrogen-bond acceptors (Lipinski definition) is 6. The van der Waals surface area contributed by atoms with Gasteiger partial charge in [-0.3, -0.25) is 9.69 Å². The highest BCUT2D eigenvalue weighted by molar-refractivity contribution is 6.30. The Kier molecular flexibility index (Phi) is 6.18. The van der Waals surface area contributed by atoms with Crippen molar-refractivity contribution in [3.63, 3.8) is 0 Å². The minimum Gasteiger partial charge on any atom is -0.507 e. The molecule has 34 heavy (non-hydrogen) atoms. The van der Waals surface area contributed by atoms with Gasteiger partial charge in [0.05, 0.1) is 23.6 Å². The van der Waals surface area contributed by atoms with E-state index in [0.717, 1.165) is 36.9 Å². The van der Waals surface area contributed by atoms with Crippen LogP contribution in [-0.4, -0.2) is 43.3 Å². The lowest BCUT2D eigenvalue weighted by Crippen LogP contribution is -2.46. The summed E-state index contributed by atoms with van der Waals surface area (Å²) in [5.41, 5.74) is 3.09. The Hall–Kier alpha value is -3.48. The Balaban J connectivity index is 1.41. The van der Waals surface area contributed by atoms with Crippen molar-refractivity contribution in [1.29, 1.82) is 0 Å². The molecule has 0 atom stereocenters. The predicted molar refractivity (Wildman–Crippen MR) is 135 cm³/mol. The molecule has 0 radical (unpaired) electrons. The number of hydrogen-bond donors (Lipinski definition) is 1. The summed E-state index contributed by atoms with van der Waals surface area (Å²) < 4.78 is 11.4. The normalized spacial score (nSPS) is 14.5. The Bertz CT molecular complexity index is 1390. The first-order valence-electron chi connectivity index (χ1n) is 11.2. The Morgan fingerprint density at radius 1 is 1.00 bits per heavy atom. The maximum absolute atomic E-state index is 13.4. The van der Waals surface area contributed by atoms with Gasteiger partial charge in [0.1, 0.15) is 23.3 Å². The van der Waals surface area contributed by atoms with Crippen molar-refractivity contribution in [1.82, 2.24) is 4.90 Å². The zero-order chi connectivity index (χ0) is 23.7. The zero-order valence-electron chi connectivity index (χ0n) is 18.8. The number of benzene rings is 3. The minimum absolute atomic E-state index is 0.123. The average molecular weight is 477 g/mol. The van der Waals surface area contributed by atoms with Crippen molar-refractivity contribution < 1.29 is 14.3 Å². The van der Waals surface area contributed by atoms with Gasteiger partial charge >= 0.3 is 0 Å². The van der Waals surface area contributed by atoms with Gasteiger partial charge in [-0.05, 0) is 36.4 Å². The minimum atomic E-state index is -0.155. The number of halogens is 1. The first-order valence-corrected chi connectivity index (χ1v) is 11.6. The molecule has 7 heteroatoms. The van der Waals surface area contributed by atoms with Gasteiger partial charge in [-0.15, -0.1) is 0 Å². The Morgan fingerprint density at radius 2 is 1.79 bits per heavy atom. The van der Waals surface area contributed by atoms with Gasteiger partial charge < -0.3 is 19.2 Å². The third-order valence-corrected chi connectivity index (χ3v) is 6.58. The molecule has 0 amide bonds. The Morgan fingerprint density at radius 3 is 2.56 bits per heavy atom. The van der Waals surface area contributed by atoms with Gasteiger partial charge in [0.25, 0.3) is 0 Å². The van der Waals surface area contributed by atoms with E-state index in [9.17, 15) is 9.90 Å². The van der Waals surface area contributed by atoms with Gasteiger partial charge in [-0.25, -0.2) is 0 Å². The molecular weight excluding hydrogens is 452 g/mol. The lowest BCUT2D eigenvalue weighted by molar-refractivity contribution is 0.246. The molecule has 1 N–H and O–H groups in total. The summed E-state index contributed by atoms with van der Waals surface area (Å²) in [6.45, 7) is 3.79. The lowest BCUT2D eigenvalue weighted by Gasteiger charge is -2.36. The van der Waals surface area contributed by atoms with E-state index in [1.54, 1.807) is 19.2 Å². The first kappa shape index (κ1) is 22.3. The van der Waals surface area contributed by atoms with E-state index < -0.39 is 0 Å². The van der Waals surface area contributed by atoms with E-state index in [-0.39, 0.29) is 11.2 Å². The smallest absolute Gasteiger partial charge is 0.200 e. The van der Waals surface area contributed by atoms with Crippen LogP contribution in [0.25, 0.3) is 22.1 Å². The number of phenols is 1. The standard InChI is InChI=1S/C27H25ClN2O4/c1-33-25-8-3-2-7-20(25)23-17-34-27-21(26(23)32)9-10-24(31)22(27)16-29-11-13-30(14-12-29)19-6-4-5-18(28)15-19/h2-10,15,17,31H,11-14,16H2,1H3. The maximum Gasteiger partial charge on any atom is 0.200 e. The fourth-order valence-corrected chi connectivity index (χ4v) is 4.70. The molecule has 1 aliphatic rings. The van der Waals surface area contributed by atoms with Crippen LogP contribution < -0.4 is 15.1 Å². The van der Waals surface area contributed by atoms with Crippen molar-refractivity contribution in [2.24, 2.45) is 0 Å². The monoisotopic (exact) mass is 476 g/mol. The quantitative estimate of drug-likeness (QED) is 0.429. The maximum atomic E-state index is 13.4. The fourth-order valence-electron chi connectivity index (χ4n) is 4.51. The van der Waals surface area contributed by atoms with Gasteiger partial charge in [0, 0.05) is 49.0 Å². The predicted octanol–water partition coefficient (Wildman–Crippen LogP) is 5.15. The summed E-state index contributed by atoms with van der Waals surface area (Å²) in [5, 5.41) is 11.8. The number of methoxy groups -OCH3 is 1. The van der Waals surface area contributed by atoms with Crippen molar-refractivity contribution in [2.75, 3.05) is 38.2 Å². The molecule has 2 heterocycles. The van der Waals surface area contributed by atoms with E-state index in [1.807, 2.05) is 42.5 Å². The summed E-state index contributed by atoms with van der Waals surface area (Å²) in [6.07, 6.45) is 1.46. The second kappa shape index (κ2) is 9.41. The summed E-state index contributed by atoms with van der Waals surface area (Å²) in [6, 6.07) is 18.4. The molecule has 174 valence electrons. The summed E-state index contributed by atoms with van der Waals surface area (Å²) in [5.74, 6) is 0.726. The second-order valence-electron chi connectivity index (χ2n) is 8.36. The SMILES string of the molecule is COc1ccccc1-c1coc2c(CN3CCN(c4cccc(Cl)c4)CC3)c(O)ccc2c1=O. The van der Waals surface area contributed by atoms with Crippen LogP contribution in [0.3, 0.4) is 0 Å². The average Bonchev–Trinajstić information content (AvgIpc) is 2.86. The van der Waals surface area contributed by atoms with Crippen LogP contribution in [0.1, 0.15) is 5.56 Å². The van der Waals surface area contributed by atoms with Crippen LogP contribution in [0, 0.1) is 0 Å². The third-order valence-electron chi connectivity index (χ3n) is 6.34. The van der Waals surface area contributed by atoms with Crippen LogP contribution >= 0.6 is 11.6 Å². The topological polar surface area (TPSA) is 66.2 Å². The highest BCUT2D eigenvalue weighted by Gasteiger charge is 2.22. The van der Waals surface area contributed by atoms with Gasteiger partial charge in [0.2, 0.25) is 5.43 Å². The van der Waals surface area contributed by atoms with Crippen LogP contribution in [0.15, 0.2) is 76.1 Å². The molecule has 1 saturated heterocycles. The molecule has 3 aromatic carbocycles. The zero-order valence-corrected chi connectivity index (χ0v) is 19.6. The Labute approximate surface area is 202 Å². The van der Waals surface area contributed by atoms with Crippen molar-refractivity contribution in [3.8, 4) is 22.6 Å². The second-order valence-corrected chi connectivity index (χ2v) is 8.80. The highest BCUT2D eigenvalue weighted by atomic mass is 35.5. The number of aromatic hydroxyl groups is 1. The molecule has 1 aromatic heterocycles. The van der Waals surface area contributed by atoms with Crippen molar-refractivity contribution >= 4 is 28.3 Å². The van der Waals surface area contributed by atoms with E-state index in [2.05, 4.69) is 15.9 Å². The first-order chi connectivity index (χ1) is 16.5. The summed E-state index contributed by atoms with van der Waals surface area (Å²) in [4.78, 5) is 17.9. The molecule has 6 nitrogen and oxygen atoms in total. The van der Waals surface area contributed by atoms with Crippen LogP contribution in [0.4, 0.5) is 5.69 Å². The molecule has 0 spiro atoms. The number of phenolic OH excluding ortho intramolecular Hbond substituents is 1. The molecule has 0 aliphatic carbocycles. The van der Waals surface area contributed by atoms with E-state index in [0.29, 0.717) is 40.0 Å². The summed E-state index contributed by atoms with van der Waals surface area (Å²) >= 11 is 6.15. The van der Waals surface area contributed by atoms with Gasteiger partial charge in [-0.2, -0.15) is 0 Å². The van der Waals surface area contributed by atoms with E-state index >= 15 is 0 Å². The molecule has 0 unspecified atom stereocenters. The molecule has 0 saturated carbocycles. The van der Waals surface area contributed by atoms with E-state index in [1.165, 1.54) is 6.26 Å². The lowest BCUT2D eigenvalue weighted by atomic mass is 10.0. The van der Waals surface area contributed by atoms with Crippen molar-refractivity contribution in [3.05, 3.63) is 87.7 Å². The summed E-state index contributed by atoms with van der Waals surface area (Å²) in [7, 11) is 1.57. The number of piperazine rings is 1. The van der Waals surface area contributed by atoms with Gasteiger partial charge in [-0.1, -0.05) is 35.9 Å². The number of ether oxygens (including phenoxy) is 1.